The first kappa shape index (κ1) is 15.2. The van der Waals surface area contributed by atoms with E-state index < -0.39 is 0 Å². The van der Waals surface area contributed by atoms with Crippen molar-refractivity contribution in [2.24, 2.45) is 0 Å². The molecule has 2 heteroatoms. The van der Waals surface area contributed by atoms with Crippen molar-refractivity contribution in [2.75, 3.05) is 6.61 Å². The summed E-state index contributed by atoms with van der Waals surface area (Å²) in [5, 5.41) is 0. The molecule has 0 amide bonds. The summed E-state index contributed by atoms with van der Waals surface area (Å²) in [6.45, 7) is 7.42. The maximum atomic E-state index is 12.1. The highest BCUT2D eigenvalue weighted by atomic mass is 16.5. The van der Waals surface area contributed by atoms with E-state index in [-0.39, 0.29) is 11.5 Å². The van der Waals surface area contributed by atoms with Crippen LogP contribution in [0.5, 0.6) is 0 Å². The summed E-state index contributed by atoms with van der Waals surface area (Å²) in [6, 6.07) is 8.44. The third-order valence-electron chi connectivity index (χ3n) is 3.95. The smallest absolute Gasteiger partial charge is 0.139 e. The van der Waals surface area contributed by atoms with Gasteiger partial charge in [-0.1, -0.05) is 45.0 Å². The summed E-state index contributed by atoms with van der Waals surface area (Å²) in [4.78, 5) is 12.1. The van der Waals surface area contributed by atoms with Crippen LogP contribution in [0.15, 0.2) is 24.3 Å². The highest BCUT2D eigenvalue weighted by Gasteiger charge is 2.18. The third-order valence-corrected chi connectivity index (χ3v) is 3.95. The van der Waals surface area contributed by atoms with E-state index in [9.17, 15) is 4.79 Å². The van der Waals surface area contributed by atoms with Crippen molar-refractivity contribution in [1.29, 1.82) is 0 Å². The van der Waals surface area contributed by atoms with Crippen LogP contribution in [0.4, 0.5) is 0 Å². The Morgan fingerprint density at radius 2 is 1.90 bits per heavy atom. The van der Waals surface area contributed by atoms with E-state index in [4.69, 9.17) is 4.74 Å². The highest BCUT2D eigenvalue weighted by molar-refractivity contribution is 5.81. The molecule has 0 bridgehead atoms. The second-order valence-corrected chi connectivity index (χ2v) is 6.86. The second-order valence-electron chi connectivity index (χ2n) is 6.86. The van der Waals surface area contributed by atoms with Crippen molar-refractivity contribution in [2.45, 2.75) is 64.4 Å². The first-order valence-corrected chi connectivity index (χ1v) is 7.68. The number of rotatable bonds is 4. The molecule has 2 rings (SSSR count). The standard InChI is InChI=1S/C18H26O2/c1-18(2,3)15-9-7-14(8-10-15)12-16(19)13-17-6-4-5-11-20-17/h7-10,17H,4-6,11-13H2,1-3H3. The Hall–Kier alpha value is -1.15. The molecule has 1 aromatic carbocycles. The summed E-state index contributed by atoms with van der Waals surface area (Å²) in [6.07, 6.45) is 4.63. The van der Waals surface area contributed by atoms with Crippen molar-refractivity contribution in [3.05, 3.63) is 35.4 Å². The van der Waals surface area contributed by atoms with Gasteiger partial charge in [-0.15, -0.1) is 0 Å². The van der Waals surface area contributed by atoms with Gasteiger partial charge in [-0.05, 0) is 35.8 Å². The average Bonchev–Trinajstić information content (AvgIpc) is 2.39. The lowest BCUT2D eigenvalue weighted by atomic mass is 9.86. The van der Waals surface area contributed by atoms with Crippen LogP contribution in [0, 0.1) is 0 Å². The number of carbonyl (C=O) groups is 1. The largest absolute Gasteiger partial charge is 0.378 e. The van der Waals surface area contributed by atoms with Crippen LogP contribution >= 0.6 is 0 Å². The highest BCUT2D eigenvalue weighted by Crippen LogP contribution is 2.22. The zero-order valence-corrected chi connectivity index (χ0v) is 12.9. The molecule has 0 aromatic heterocycles. The molecule has 1 fully saturated rings. The summed E-state index contributed by atoms with van der Waals surface area (Å²) >= 11 is 0. The van der Waals surface area contributed by atoms with Gasteiger partial charge in [0.15, 0.2) is 0 Å². The van der Waals surface area contributed by atoms with Crippen LogP contribution in [0.1, 0.15) is 57.6 Å². The quantitative estimate of drug-likeness (QED) is 0.827. The first-order valence-electron chi connectivity index (χ1n) is 7.68. The molecule has 1 aliphatic heterocycles. The molecule has 0 saturated carbocycles. The fraction of sp³-hybridized carbons (Fsp3) is 0.611. The maximum absolute atomic E-state index is 12.1. The molecule has 1 aliphatic rings. The van der Waals surface area contributed by atoms with Gasteiger partial charge in [0.1, 0.15) is 5.78 Å². The van der Waals surface area contributed by atoms with Crippen LogP contribution < -0.4 is 0 Å². The Bertz CT molecular complexity index is 433. The predicted octanol–water partition coefficient (Wildman–Crippen LogP) is 4.05. The van der Waals surface area contributed by atoms with Gasteiger partial charge in [-0.25, -0.2) is 0 Å². The van der Waals surface area contributed by atoms with Crippen LogP contribution in [-0.2, 0) is 21.4 Å². The van der Waals surface area contributed by atoms with Crippen molar-refractivity contribution in [1.82, 2.24) is 0 Å². The summed E-state index contributed by atoms with van der Waals surface area (Å²) < 4.78 is 5.63. The lowest BCUT2D eigenvalue weighted by Crippen LogP contribution is -2.23. The van der Waals surface area contributed by atoms with Crippen molar-refractivity contribution >= 4 is 5.78 Å². The molecule has 1 aromatic rings. The van der Waals surface area contributed by atoms with E-state index in [0.717, 1.165) is 25.0 Å². The van der Waals surface area contributed by atoms with Gasteiger partial charge in [0.25, 0.3) is 0 Å². The normalized spacial score (nSPS) is 19.9. The first-order chi connectivity index (χ1) is 9.45. The maximum Gasteiger partial charge on any atom is 0.139 e. The molecule has 0 spiro atoms. The number of ketones is 1. The molecule has 0 N–H and O–H groups in total. The molecule has 2 nitrogen and oxygen atoms in total. The lowest BCUT2D eigenvalue weighted by Gasteiger charge is -2.22. The Balaban J connectivity index is 1.87. The minimum Gasteiger partial charge on any atom is -0.378 e. The van der Waals surface area contributed by atoms with Crippen LogP contribution in [0.2, 0.25) is 0 Å². The fourth-order valence-electron chi connectivity index (χ4n) is 2.64. The molecule has 1 unspecified atom stereocenters. The van der Waals surface area contributed by atoms with Gasteiger partial charge in [-0.3, -0.25) is 4.79 Å². The SMILES string of the molecule is CC(C)(C)c1ccc(CC(=O)CC2CCCCO2)cc1. The van der Waals surface area contributed by atoms with Gasteiger partial charge in [0.05, 0.1) is 6.10 Å². The van der Waals surface area contributed by atoms with E-state index in [1.54, 1.807) is 0 Å². The van der Waals surface area contributed by atoms with Crippen LogP contribution in [-0.4, -0.2) is 18.5 Å². The molecule has 0 aliphatic carbocycles. The van der Waals surface area contributed by atoms with E-state index in [1.807, 2.05) is 0 Å². The molecular formula is C18H26O2. The minimum atomic E-state index is 0.157. The molecule has 20 heavy (non-hydrogen) atoms. The van der Waals surface area contributed by atoms with Gasteiger partial charge < -0.3 is 4.74 Å². The van der Waals surface area contributed by atoms with Crippen molar-refractivity contribution < 1.29 is 9.53 Å². The Morgan fingerprint density at radius 3 is 2.45 bits per heavy atom. The lowest BCUT2D eigenvalue weighted by molar-refractivity contribution is -0.122. The zero-order valence-electron chi connectivity index (χ0n) is 12.9. The number of hydrogen-bond acceptors (Lipinski definition) is 2. The average molecular weight is 274 g/mol. The Kier molecular flexibility index (Phi) is 4.98. The molecular weight excluding hydrogens is 248 g/mol. The topological polar surface area (TPSA) is 26.3 Å². The number of ether oxygens (including phenoxy) is 1. The molecule has 110 valence electrons. The monoisotopic (exact) mass is 274 g/mol. The van der Waals surface area contributed by atoms with E-state index >= 15 is 0 Å². The molecule has 0 radical (unpaired) electrons. The molecule has 1 saturated heterocycles. The number of hydrogen-bond donors (Lipinski definition) is 0. The van der Waals surface area contributed by atoms with Crippen LogP contribution in [0.25, 0.3) is 0 Å². The van der Waals surface area contributed by atoms with E-state index in [0.29, 0.717) is 18.6 Å². The van der Waals surface area contributed by atoms with Crippen molar-refractivity contribution in [3.63, 3.8) is 0 Å². The predicted molar refractivity (Wildman–Crippen MR) is 82.1 cm³/mol. The van der Waals surface area contributed by atoms with Gasteiger partial charge >= 0.3 is 0 Å². The van der Waals surface area contributed by atoms with Gasteiger partial charge in [0, 0.05) is 19.4 Å². The van der Waals surface area contributed by atoms with Gasteiger partial charge in [0.2, 0.25) is 0 Å². The number of Topliss-reactive ketones (excluding diaryl/α,β-unsaturated/α-hetero) is 1. The minimum absolute atomic E-state index is 0.157. The third kappa shape index (κ3) is 4.45. The van der Waals surface area contributed by atoms with Crippen LogP contribution in [0.3, 0.4) is 0 Å². The number of carbonyl (C=O) groups excluding carboxylic acids is 1. The van der Waals surface area contributed by atoms with E-state index in [1.165, 1.54) is 12.0 Å². The van der Waals surface area contributed by atoms with Gasteiger partial charge in [-0.2, -0.15) is 0 Å². The Labute approximate surface area is 122 Å². The van der Waals surface area contributed by atoms with E-state index in [2.05, 4.69) is 45.0 Å². The summed E-state index contributed by atoms with van der Waals surface area (Å²) in [7, 11) is 0. The zero-order chi connectivity index (χ0) is 14.6. The second kappa shape index (κ2) is 6.53. The fourth-order valence-corrected chi connectivity index (χ4v) is 2.64. The molecule has 1 atom stereocenters. The number of benzene rings is 1. The summed E-state index contributed by atoms with van der Waals surface area (Å²) in [5.41, 5.74) is 2.58. The molecule has 1 heterocycles. The Morgan fingerprint density at radius 1 is 1.20 bits per heavy atom. The summed E-state index contributed by atoms with van der Waals surface area (Å²) in [5.74, 6) is 0.292. The van der Waals surface area contributed by atoms with Crippen molar-refractivity contribution in [3.8, 4) is 0 Å².